The number of alkyl halides is 6. The highest BCUT2D eigenvalue weighted by Crippen LogP contribution is 2.39. The Bertz CT molecular complexity index is 572. The van der Waals surface area contributed by atoms with Crippen molar-refractivity contribution in [3.05, 3.63) is 29.6 Å². The van der Waals surface area contributed by atoms with Crippen LogP contribution in [-0.4, -0.2) is 18.3 Å². The van der Waals surface area contributed by atoms with Crippen LogP contribution in [0.15, 0.2) is 18.2 Å². The number of nitrogens with one attached hydrogen (secondary N) is 1. The van der Waals surface area contributed by atoms with E-state index in [1.54, 1.807) is 0 Å². The van der Waals surface area contributed by atoms with Crippen LogP contribution in [0.4, 0.5) is 36.4 Å². The topological polar surface area (TPSA) is 52.9 Å². The minimum Gasteiger partial charge on any atom is -0.325 e. The monoisotopic (exact) mass is 314 g/mol. The minimum absolute atomic E-state index is 0.559. The summed E-state index contributed by atoms with van der Waals surface area (Å²) in [6.07, 6.45) is -11.7. The molecule has 0 radical (unpaired) electrons. The first-order valence-corrected chi connectivity index (χ1v) is 5.10. The molecule has 1 N–H and O–H groups in total. The molecule has 0 heterocycles. The Hall–Kier alpha value is -2.31. The summed E-state index contributed by atoms with van der Waals surface area (Å²) in [5.41, 5.74) is -1.19. The second kappa shape index (κ2) is 5.59. The molecule has 114 valence electrons. The van der Waals surface area contributed by atoms with Crippen molar-refractivity contribution in [3.63, 3.8) is 0 Å². The first kappa shape index (κ1) is 16.7. The standard InChI is InChI=1S/C11H5F7N2O/c12-7-2-1-6(3-5(7)4-19)20-9(21)8(10(13,14)15)11(16,17)18/h1-3,8H,(H,20,21). The minimum atomic E-state index is -5.83. The lowest BCUT2D eigenvalue weighted by atomic mass is 10.1. The number of carbonyl (C=O) groups is 1. The Morgan fingerprint density at radius 3 is 2.10 bits per heavy atom. The summed E-state index contributed by atoms with van der Waals surface area (Å²) in [4.78, 5) is 11.2. The number of benzene rings is 1. The number of rotatable bonds is 2. The molecule has 1 amide bonds. The Labute approximate surface area is 113 Å². The molecule has 1 rings (SSSR count). The SMILES string of the molecule is N#Cc1cc(NC(=O)C(C(F)(F)F)C(F)(F)F)ccc1F. The van der Waals surface area contributed by atoms with Crippen LogP contribution in [0.3, 0.4) is 0 Å². The molecule has 0 aliphatic heterocycles. The van der Waals surface area contributed by atoms with Crippen molar-refractivity contribution in [2.24, 2.45) is 5.92 Å². The maximum absolute atomic E-state index is 12.9. The Balaban J connectivity index is 3.06. The van der Waals surface area contributed by atoms with Gasteiger partial charge >= 0.3 is 12.4 Å². The van der Waals surface area contributed by atoms with Crippen LogP contribution in [0.1, 0.15) is 5.56 Å². The fraction of sp³-hybridized carbons (Fsp3) is 0.273. The van der Waals surface area contributed by atoms with Gasteiger partial charge in [0.15, 0.2) is 0 Å². The third-order valence-corrected chi connectivity index (χ3v) is 2.27. The number of nitriles is 1. The predicted octanol–water partition coefficient (Wildman–Crippen LogP) is 3.38. The largest absolute Gasteiger partial charge is 0.409 e. The average Bonchev–Trinajstić information content (AvgIpc) is 2.27. The van der Waals surface area contributed by atoms with Gasteiger partial charge in [0.1, 0.15) is 11.9 Å². The van der Waals surface area contributed by atoms with Gasteiger partial charge in [-0.25, -0.2) is 4.39 Å². The van der Waals surface area contributed by atoms with Crippen LogP contribution in [0.25, 0.3) is 0 Å². The van der Waals surface area contributed by atoms with Gasteiger partial charge in [0.2, 0.25) is 11.8 Å². The number of nitrogens with zero attached hydrogens (tertiary/aromatic N) is 1. The van der Waals surface area contributed by atoms with E-state index < -0.39 is 41.2 Å². The lowest BCUT2D eigenvalue weighted by molar-refractivity contribution is -0.272. The van der Waals surface area contributed by atoms with Gasteiger partial charge in [0.05, 0.1) is 5.56 Å². The van der Waals surface area contributed by atoms with E-state index in [0.717, 1.165) is 6.07 Å². The van der Waals surface area contributed by atoms with E-state index in [0.29, 0.717) is 12.1 Å². The maximum atomic E-state index is 12.9. The summed E-state index contributed by atoms with van der Waals surface area (Å²) < 4.78 is 86.7. The molecule has 1 aromatic carbocycles. The van der Waals surface area contributed by atoms with Crippen molar-refractivity contribution in [2.45, 2.75) is 12.4 Å². The van der Waals surface area contributed by atoms with Crippen LogP contribution in [-0.2, 0) is 4.79 Å². The van der Waals surface area contributed by atoms with E-state index in [9.17, 15) is 35.5 Å². The van der Waals surface area contributed by atoms with Gasteiger partial charge < -0.3 is 5.32 Å². The summed E-state index contributed by atoms with van der Waals surface area (Å²) in [5.74, 6) is -7.62. The second-order valence-corrected chi connectivity index (χ2v) is 3.81. The van der Waals surface area contributed by atoms with E-state index in [4.69, 9.17) is 5.26 Å². The van der Waals surface area contributed by atoms with E-state index in [-0.39, 0.29) is 0 Å². The molecular weight excluding hydrogens is 309 g/mol. The molecule has 21 heavy (non-hydrogen) atoms. The fourth-order valence-electron chi connectivity index (χ4n) is 1.39. The molecule has 0 spiro atoms. The van der Waals surface area contributed by atoms with Gasteiger partial charge in [-0.05, 0) is 18.2 Å². The van der Waals surface area contributed by atoms with Crippen LogP contribution < -0.4 is 5.32 Å². The third kappa shape index (κ3) is 4.08. The normalized spacial score (nSPS) is 12.1. The van der Waals surface area contributed by atoms with E-state index in [1.165, 1.54) is 11.4 Å². The van der Waals surface area contributed by atoms with E-state index in [1.807, 2.05) is 0 Å². The lowest BCUT2D eigenvalue weighted by Crippen LogP contribution is -2.45. The molecule has 0 aliphatic rings. The van der Waals surface area contributed by atoms with Crippen molar-refractivity contribution in [1.29, 1.82) is 5.26 Å². The number of halogens is 7. The van der Waals surface area contributed by atoms with Gasteiger partial charge in [0, 0.05) is 5.69 Å². The molecule has 0 fully saturated rings. The van der Waals surface area contributed by atoms with Gasteiger partial charge in [-0.15, -0.1) is 0 Å². The first-order chi connectivity index (χ1) is 9.46. The van der Waals surface area contributed by atoms with Crippen molar-refractivity contribution < 1.29 is 35.5 Å². The van der Waals surface area contributed by atoms with Crippen LogP contribution >= 0.6 is 0 Å². The van der Waals surface area contributed by atoms with Gasteiger partial charge in [-0.1, -0.05) is 0 Å². The highest BCUT2D eigenvalue weighted by molar-refractivity contribution is 5.93. The number of amides is 1. The number of carbonyl (C=O) groups excluding carboxylic acids is 1. The quantitative estimate of drug-likeness (QED) is 0.851. The summed E-state index contributed by atoms with van der Waals surface area (Å²) >= 11 is 0. The smallest absolute Gasteiger partial charge is 0.325 e. The highest BCUT2D eigenvalue weighted by atomic mass is 19.4. The van der Waals surface area contributed by atoms with Gasteiger partial charge in [0.25, 0.3) is 0 Å². The van der Waals surface area contributed by atoms with Crippen molar-refractivity contribution in [3.8, 4) is 6.07 Å². The zero-order chi connectivity index (χ0) is 16.4. The highest BCUT2D eigenvalue weighted by Gasteiger charge is 2.61. The zero-order valence-corrected chi connectivity index (χ0v) is 9.81. The van der Waals surface area contributed by atoms with Gasteiger partial charge in [-0.3, -0.25) is 4.79 Å². The molecule has 0 atom stereocenters. The fourth-order valence-corrected chi connectivity index (χ4v) is 1.39. The summed E-state index contributed by atoms with van der Waals surface area (Å²) in [7, 11) is 0. The summed E-state index contributed by atoms with van der Waals surface area (Å²) in [6.45, 7) is 0. The number of hydrogen-bond donors (Lipinski definition) is 1. The molecule has 0 saturated heterocycles. The van der Waals surface area contributed by atoms with Crippen LogP contribution in [0.2, 0.25) is 0 Å². The summed E-state index contributed by atoms with van der Waals surface area (Å²) in [6, 6.07) is 3.31. The Morgan fingerprint density at radius 1 is 1.14 bits per heavy atom. The molecule has 0 aliphatic carbocycles. The molecule has 0 unspecified atom stereocenters. The van der Waals surface area contributed by atoms with Gasteiger partial charge in [-0.2, -0.15) is 31.6 Å². The average molecular weight is 314 g/mol. The molecule has 3 nitrogen and oxygen atoms in total. The van der Waals surface area contributed by atoms with E-state index >= 15 is 0 Å². The van der Waals surface area contributed by atoms with Crippen molar-refractivity contribution in [2.75, 3.05) is 5.32 Å². The number of anilines is 1. The molecule has 0 aromatic heterocycles. The Kier molecular flexibility index (Phi) is 4.46. The van der Waals surface area contributed by atoms with Crippen molar-refractivity contribution in [1.82, 2.24) is 0 Å². The molecule has 0 bridgehead atoms. The molecule has 1 aromatic rings. The molecule has 0 saturated carbocycles. The number of hydrogen-bond acceptors (Lipinski definition) is 2. The second-order valence-electron chi connectivity index (χ2n) is 3.81. The van der Waals surface area contributed by atoms with E-state index in [2.05, 4.69) is 0 Å². The molecule has 10 heteroatoms. The predicted molar refractivity (Wildman–Crippen MR) is 55.3 cm³/mol. The molecular formula is C11H5F7N2O. The van der Waals surface area contributed by atoms with Crippen molar-refractivity contribution >= 4 is 11.6 Å². The zero-order valence-electron chi connectivity index (χ0n) is 9.81. The van der Waals surface area contributed by atoms with Crippen LogP contribution in [0.5, 0.6) is 0 Å². The summed E-state index contributed by atoms with van der Waals surface area (Å²) in [5, 5.41) is 9.84. The van der Waals surface area contributed by atoms with Crippen LogP contribution in [0, 0.1) is 23.1 Å². The lowest BCUT2D eigenvalue weighted by Gasteiger charge is -2.22. The third-order valence-electron chi connectivity index (χ3n) is 2.27. The Morgan fingerprint density at radius 2 is 1.67 bits per heavy atom. The first-order valence-electron chi connectivity index (χ1n) is 5.10. The maximum Gasteiger partial charge on any atom is 0.409 e.